The van der Waals surface area contributed by atoms with E-state index in [-0.39, 0.29) is 0 Å². The van der Waals surface area contributed by atoms with Gasteiger partial charge in [-0.3, -0.25) is 0 Å². The van der Waals surface area contributed by atoms with Crippen LogP contribution in [0.25, 0.3) is 0 Å². The third-order valence-electron chi connectivity index (χ3n) is 4.62. The summed E-state index contributed by atoms with van der Waals surface area (Å²) in [6.45, 7) is 3.84. The zero-order chi connectivity index (χ0) is 12.8. The Labute approximate surface area is 108 Å². The van der Waals surface area contributed by atoms with Crippen LogP contribution in [0.4, 0.5) is 0 Å². The molecule has 2 saturated carbocycles. The predicted octanol–water partition coefficient (Wildman–Crippen LogP) is 2.95. The highest BCUT2D eigenvalue weighted by atomic mass is 16.5. The Balaban J connectivity index is 1.83. The van der Waals surface area contributed by atoms with Crippen molar-refractivity contribution in [3.05, 3.63) is 11.7 Å². The van der Waals surface area contributed by atoms with Crippen LogP contribution >= 0.6 is 0 Å². The molecule has 0 unspecified atom stereocenters. The zero-order valence-corrected chi connectivity index (χ0v) is 11.4. The lowest BCUT2D eigenvalue weighted by molar-refractivity contribution is 0.122. The van der Waals surface area contributed by atoms with E-state index in [4.69, 9.17) is 10.3 Å². The van der Waals surface area contributed by atoms with Gasteiger partial charge in [-0.2, -0.15) is 4.98 Å². The molecule has 1 aromatic heterocycles. The molecule has 0 aliphatic heterocycles. The van der Waals surface area contributed by atoms with Crippen LogP contribution in [-0.4, -0.2) is 10.1 Å². The molecule has 1 heterocycles. The third-order valence-corrected chi connectivity index (χ3v) is 4.62. The van der Waals surface area contributed by atoms with Crippen LogP contribution in [0.1, 0.15) is 70.0 Å². The lowest BCUT2D eigenvalue weighted by Gasteiger charge is -2.40. The minimum absolute atomic E-state index is 0.496. The molecular weight excluding hydrogens is 226 g/mol. The average Bonchev–Trinajstić information content (AvgIpc) is 2.58. The van der Waals surface area contributed by atoms with E-state index < -0.39 is 5.54 Å². The average molecular weight is 249 g/mol. The van der Waals surface area contributed by atoms with Crippen molar-refractivity contribution in [2.45, 2.75) is 63.8 Å². The number of nitrogens with zero attached hydrogens (tertiary/aromatic N) is 2. The van der Waals surface area contributed by atoms with Crippen molar-refractivity contribution in [2.24, 2.45) is 17.6 Å². The van der Waals surface area contributed by atoms with E-state index in [9.17, 15) is 0 Å². The van der Waals surface area contributed by atoms with Crippen LogP contribution < -0.4 is 5.73 Å². The van der Waals surface area contributed by atoms with Crippen LogP contribution in [0.2, 0.25) is 0 Å². The van der Waals surface area contributed by atoms with Gasteiger partial charge < -0.3 is 10.3 Å². The van der Waals surface area contributed by atoms with Gasteiger partial charge in [0.2, 0.25) is 5.89 Å². The maximum absolute atomic E-state index is 6.03. The van der Waals surface area contributed by atoms with Crippen LogP contribution in [-0.2, 0) is 5.54 Å². The third kappa shape index (κ3) is 2.07. The van der Waals surface area contributed by atoms with E-state index in [1.165, 1.54) is 38.5 Å². The molecule has 0 amide bonds. The summed E-state index contributed by atoms with van der Waals surface area (Å²) in [6.07, 6.45) is 8.01. The molecule has 2 aliphatic carbocycles. The largest absolute Gasteiger partial charge is 0.339 e. The summed E-state index contributed by atoms with van der Waals surface area (Å²) in [5.41, 5.74) is 5.52. The molecule has 4 nitrogen and oxygen atoms in total. The first kappa shape index (κ1) is 12.2. The number of hydrogen-bond donors (Lipinski definition) is 1. The molecular formula is C14H23N3O. The second kappa shape index (κ2) is 4.34. The standard InChI is InChI=1S/C14H23N3O/c1-14(2,15)13-16-12(18-17-13)11(9-5-3-6-9)10-7-4-8-10/h9-11H,3-8,15H2,1-2H3. The smallest absolute Gasteiger partial charge is 0.230 e. The van der Waals surface area contributed by atoms with E-state index >= 15 is 0 Å². The molecule has 2 N–H and O–H groups in total. The van der Waals surface area contributed by atoms with Gasteiger partial charge in [-0.1, -0.05) is 18.0 Å². The molecule has 0 radical (unpaired) electrons. The fourth-order valence-electron chi connectivity index (χ4n) is 3.02. The second-order valence-corrected chi connectivity index (χ2v) is 6.59. The first-order valence-electron chi connectivity index (χ1n) is 7.18. The Bertz CT molecular complexity index is 399. The van der Waals surface area contributed by atoms with Crippen molar-refractivity contribution in [1.29, 1.82) is 0 Å². The summed E-state index contributed by atoms with van der Waals surface area (Å²) < 4.78 is 5.53. The molecule has 3 rings (SSSR count). The zero-order valence-electron chi connectivity index (χ0n) is 11.4. The SMILES string of the molecule is CC(C)(N)c1noc(C(C2CCC2)C2CCC2)n1. The molecule has 4 heteroatoms. The number of aromatic nitrogens is 2. The van der Waals surface area contributed by atoms with Crippen molar-refractivity contribution in [1.82, 2.24) is 10.1 Å². The van der Waals surface area contributed by atoms with Crippen LogP contribution in [0, 0.1) is 11.8 Å². The van der Waals surface area contributed by atoms with Gasteiger partial charge in [-0.25, -0.2) is 0 Å². The molecule has 1 aromatic rings. The lowest BCUT2D eigenvalue weighted by Crippen LogP contribution is -2.32. The van der Waals surface area contributed by atoms with Crippen molar-refractivity contribution in [3.63, 3.8) is 0 Å². The fourth-order valence-corrected chi connectivity index (χ4v) is 3.02. The molecule has 0 saturated heterocycles. The summed E-state index contributed by atoms with van der Waals surface area (Å²) in [7, 11) is 0. The summed E-state index contributed by atoms with van der Waals surface area (Å²) in [5.74, 6) is 3.52. The number of rotatable bonds is 4. The summed E-state index contributed by atoms with van der Waals surface area (Å²) in [4.78, 5) is 4.58. The number of hydrogen-bond acceptors (Lipinski definition) is 4. The van der Waals surface area contributed by atoms with Gasteiger partial charge in [0.05, 0.1) is 5.54 Å². The van der Waals surface area contributed by atoms with Crippen LogP contribution in [0.5, 0.6) is 0 Å². The molecule has 0 atom stereocenters. The second-order valence-electron chi connectivity index (χ2n) is 6.59. The van der Waals surface area contributed by atoms with E-state index in [1.54, 1.807) is 0 Å². The quantitative estimate of drug-likeness (QED) is 0.891. The Morgan fingerprint density at radius 3 is 2.06 bits per heavy atom. The molecule has 2 fully saturated rings. The molecule has 0 spiro atoms. The minimum atomic E-state index is -0.508. The Morgan fingerprint density at radius 1 is 1.17 bits per heavy atom. The Kier molecular flexibility index (Phi) is 2.93. The van der Waals surface area contributed by atoms with Gasteiger partial charge in [0, 0.05) is 5.92 Å². The molecule has 18 heavy (non-hydrogen) atoms. The monoisotopic (exact) mass is 249 g/mol. The van der Waals surface area contributed by atoms with E-state index in [0.29, 0.717) is 11.7 Å². The van der Waals surface area contributed by atoms with Gasteiger partial charge >= 0.3 is 0 Å². The summed E-state index contributed by atoms with van der Waals surface area (Å²) in [5, 5.41) is 4.08. The molecule has 2 aliphatic rings. The molecule has 0 aromatic carbocycles. The Morgan fingerprint density at radius 2 is 1.72 bits per heavy atom. The van der Waals surface area contributed by atoms with Crippen molar-refractivity contribution < 1.29 is 4.52 Å². The van der Waals surface area contributed by atoms with Gasteiger partial charge in [0.15, 0.2) is 5.82 Å². The van der Waals surface area contributed by atoms with Crippen molar-refractivity contribution in [3.8, 4) is 0 Å². The molecule has 100 valence electrons. The predicted molar refractivity (Wildman–Crippen MR) is 68.9 cm³/mol. The topological polar surface area (TPSA) is 64.9 Å². The van der Waals surface area contributed by atoms with Crippen molar-refractivity contribution >= 4 is 0 Å². The van der Waals surface area contributed by atoms with E-state index in [1.807, 2.05) is 13.8 Å². The first-order chi connectivity index (χ1) is 8.55. The molecule has 0 bridgehead atoms. The fraction of sp³-hybridized carbons (Fsp3) is 0.857. The summed E-state index contributed by atoms with van der Waals surface area (Å²) in [6, 6.07) is 0. The Hall–Kier alpha value is -0.900. The lowest BCUT2D eigenvalue weighted by atomic mass is 9.64. The van der Waals surface area contributed by atoms with Gasteiger partial charge in [0.25, 0.3) is 0 Å². The van der Waals surface area contributed by atoms with E-state index in [0.717, 1.165) is 17.7 Å². The van der Waals surface area contributed by atoms with Gasteiger partial charge in [0.1, 0.15) is 0 Å². The maximum Gasteiger partial charge on any atom is 0.230 e. The van der Waals surface area contributed by atoms with Crippen molar-refractivity contribution in [2.75, 3.05) is 0 Å². The normalized spacial score (nSPS) is 22.0. The highest BCUT2D eigenvalue weighted by molar-refractivity contribution is 5.07. The highest BCUT2D eigenvalue weighted by Crippen LogP contribution is 2.49. The first-order valence-corrected chi connectivity index (χ1v) is 7.18. The summed E-state index contributed by atoms with van der Waals surface area (Å²) >= 11 is 0. The highest BCUT2D eigenvalue weighted by Gasteiger charge is 2.40. The van der Waals surface area contributed by atoms with Crippen LogP contribution in [0.15, 0.2) is 4.52 Å². The van der Waals surface area contributed by atoms with E-state index in [2.05, 4.69) is 10.1 Å². The van der Waals surface area contributed by atoms with Gasteiger partial charge in [-0.05, 0) is 51.4 Å². The van der Waals surface area contributed by atoms with Crippen LogP contribution in [0.3, 0.4) is 0 Å². The van der Waals surface area contributed by atoms with Gasteiger partial charge in [-0.15, -0.1) is 0 Å². The number of nitrogens with two attached hydrogens (primary N) is 1. The maximum atomic E-state index is 6.03. The minimum Gasteiger partial charge on any atom is -0.339 e.